The molecule has 6 heteroatoms. The molecule has 27 heavy (non-hydrogen) atoms. The van der Waals surface area contributed by atoms with Crippen molar-refractivity contribution in [2.45, 2.75) is 13.0 Å². The molecule has 0 aliphatic carbocycles. The summed E-state index contributed by atoms with van der Waals surface area (Å²) >= 11 is 0. The van der Waals surface area contributed by atoms with Gasteiger partial charge in [0.15, 0.2) is 5.76 Å². The molecule has 0 saturated carbocycles. The number of benzene rings is 1. The van der Waals surface area contributed by atoms with Crippen molar-refractivity contribution in [1.29, 1.82) is 0 Å². The lowest BCUT2D eigenvalue weighted by Crippen LogP contribution is -2.33. The molecule has 1 atom stereocenters. The molecule has 0 unspecified atom stereocenters. The largest absolute Gasteiger partial charge is 0.454 e. The van der Waals surface area contributed by atoms with Crippen LogP contribution in [0.5, 0.6) is 0 Å². The van der Waals surface area contributed by atoms with Crippen molar-refractivity contribution in [2.24, 2.45) is 5.92 Å². The maximum absolute atomic E-state index is 12.7. The number of imidazole rings is 1. The highest BCUT2D eigenvalue weighted by molar-refractivity contribution is 5.91. The molecule has 1 amide bonds. The van der Waals surface area contributed by atoms with E-state index < -0.39 is 0 Å². The van der Waals surface area contributed by atoms with Gasteiger partial charge in [-0.1, -0.05) is 18.2 Å². The Bertz CT molecular complexity index is 873. The minimum atomic E-state index is -0.0648. The lowest BCUT2D eigenvalue weighted by Gasteiger charge is -2.22. The van der Waals surface area contributed by atoms with Crippen LogP contribution >= 0.6 is 0 Å². The fourth-order valence-corrected chi connectivity index (χ4v) is 3.65. The van der Waals surface area contributed by atoms with Gasteiger partial charge < -0.3 is 18.8 Å². The van der Waals surface area contributed by atoms with Crippen LogP contribution in [0.1, 0.15) is 22.7 Å². The fourth-order valence-electron chi connectivity index (χ4n) is 3.65. The Morgan fingerprint density at radius 1 is 1.26 bits per heavy atom. The summed E-state index contributed by atoms with van der Waals surface area (Å²) in [5.41, 5.74) is 1.25. The van der Waals surface area contributed by atoms with Crippen LogP contribution in [0.2, 0.25) is 0 Å². The smallest absolute Gasteiger partial charge is 0.289 e. The predicted molar refractivity (Wildman–Crippen MR) is 104 cm³/mol. The summed E-state index contributed by atoms with van der Waals surface area (Å²) in [6.45, 7) is 3.32. The van der Waals surface area contributed by atoms with Gasteiger partial charge in [-0.15, -0.1) is 0 Å². The van der Waals surface area contributed by atoms with E-state index in [-0.39, 0.29) is 5.91 Å². The van der Waals surface area contributed by atoms with Crippen molar-refractivity contribution in [3.8, 4) is 0 Å². The molecule has 2 aromatic heterocycles. The standard InChI is InChI=1S/C21H24N4O2/c1-23(13-17-9-11-25(14-17)18-5-3-2-4-6-18)21(26)20-8-7-19(27-20)15-24-12-10-22-16-24/h2-8,10,12,16-17H,9,11,13-15H2,1H3/t17-/m1/s1. The molecule has 0 bridgehead atoms. The molecule has 1 saturated heterocycles. The summed E-state index contributed by atoms with van der Waals surface area (Å²) in [5, 5.41) is 0. The average molecular weight is 364 g/mol. The van der Waals surface area contributed by atoms with Crippen molar-refractivity contribution >= 4 is 11.6 Å². The molecule has 0 radical (unpaired) electrons. The molecule has 4 rings (SSSR count). The Hall–Kier alpha value is -3.02. The average Bonchev–Trinajstić information content (AvgIpc) is 3.44. The summed E-state index contributed by atoms with van der Waals surface area (Å²) < 4.78 is 7.65. The van der Waals surface area contributed by atoms with Crippen molar-refractivity contribution in [3.63, 3.8) is 0 Å². The van der Waals surface area contributed by atoms with Crippen LogP contribution in [0.4, 0.5) is 5.69 Å². The predicted octanol–water partition coefficient (Wildman–Crippen LogP) is 3.12. The third kappa shape index (κ3) is 4.05. The molecule has 0 spiro atoms. The van der Waals surface area contributed by atoms with E-state index in [0.29, 0.717) is 18.2 Å². The lowest BCUT2D eigenvalue weighted by atomic mass is 10.1. The first-order valence-corrected chi connectivity index (χ1v) is 9.29. The number of amides is 1. The van der Waals surface area contributed by atoms with Crippen molar-refractivity contribution in [3.05, 3.63) is 72.7 Å². The molecule has 3 heterocycles. The number of furan rings is 1. The zero-order chi connectivity index (χ0) is 18.6. The molecule has 1 fully saturated rings. The maximum atomic E-state index is 12.7. The van der Waals surface area contributed by atoms with Gasteiger partial charge in [0.25, 0.3) is 5.91 Å². The van der Waals surface area contributed by atoms with E-state index in [0.717, 1.165) is 31.8 Å². The number of anilines is 1. The summed E-state index contributed by atoms with van der Waals surface area (Å²) in [5.74, 6) is 1.55. The summed E-state index contributed by atoms with van der Waals surface area (Å²) in [4.78, 5) is 20.9. The SMILES string of the molecule is CN(C[C@H]1CCN(c2ccccc2)C1)C(=O)c1ccc(Cn2ccnc2)o1. The fraction of sp³-hybridized carbons (Fsp3) is 0.333. The number of hydrogen-bond acceptors (Lipinski definition) is 4. The number of carbonyl (C=O) groups excluding carboxylic acids is 1. The molecular formula is C21H24N4O2. The molecule has 1 aliphatic rings. The number of hydrogen-bond donors (Lipinski definition) is 0. The van der Waals surface area contributed by atoms with Gasteiger partial charge in [0, 0.05) is 44.8 Å². The molecule has 0 N–H and O–H groups in total. The van der Waals surface area contributed by atoms with E-state index in [1.165, 1.54) is 5.69 Å². The van der Waals surface area contributed by atoms with Gasteiger partial charge >= 0.3 is 0 Å². The molecule has 1 aliphatic heterocycles. The van der Waals surface area contributed by atoms with Gasteiger partial charge in [-0.05, 0) is 36.6 Å². The first-order valence-electron chi connectivity index (χ1n) is 9.29. The highest BCUT2D eigenvalue weighted by Gasteiger charge is 2.26. The van der Waals surface area contributed by atoms with Gasteiger partial charge in [-0.25, -0.2) is 4.98 Å². The van der Waals surface area contributed by atoms with E-state index in [1.54, 1.807) is 23.5 Å². The second-order valence-electron chi connectivity index (χ2n) is 7.12. The zero-order valence-electron chi connectivity index (χ0n) is 15.5. The quantitative estimate of drug-likeness (QED) is 0.674. The molecule has 3 aromatic rings. The summed E-state index contributed by atoms with van der Waals surface area (Å²) in [7, 11) is 1.85. The number of nitrogens with zero attached hydrogens (tertiary/aromatic N) is 4. The number of para-hydroxylation sites is 1. The van der Waals surface area contributed by atoms with Crippen molar-refractivity contribution < 1.29 is 9.21 Å². The Labute approximate surface area is 159 Å². The Morgan fingerprint density at radius 3 is 2.89 bits per heavy atom. The maximum Gasteiger partial charge on any atom is 0.289 e. The van der Waals surface area contributed by atoms with Crippen molar-refractivity contribution in [1.82, 2.24) is 14.5 Å². The molecule has 140 valence electrons. The van der Waals surface area contributed by atoms with Crippen LogP contribution < -0.4 is 4.90 Å². The Balaban J connectivity index is 1.32. The van der Waals surface area contributed by atoms with E-state index in [9.17, 15) is 4.79 Å². The van der Waals surface area contributed by atoms with Gasteiger partial charge in [0.1, 0.15) is 5.76 Å². The number of carbonyl (C=O) groups is 1. The highest BCUT2D eigenvalue weighted by atomic mass is 16.4. The van der Waals surface area contributed by atoms with Gasteiger partial charge in [-0.3, -0.25) is 4.79 Å². The first kappa shape index (κ1) is 17.4. The molecule has 1 aromatic carbocycles. The van der Waals surface area contributed by atoms with Crippen LogP contribution in [0, 0.1) is 5.92 Å². The third-order valence-corrected chi connectivity index (χ3v) is 5.06. The van der Waals surface area contributed by atoms with Crippen LogP contribution in [0.25, 0.3) is 0 Å². The minimum absolute atomic E-state index is 0.0648. The van der Waals surface area contributed by atoms with Crippen LogP contribution in [-0.2, 0) is 6.54 Å². The van der Waals surface area contributed by atoms with E-state index in [2.05, 4.69) is 34.1 Å². The highest BCUT2D eigenvalue weighted by Crippen LogP contribution is 2.24. The first-order chi connectivity index (χ1) is 13.2. The van der Waals surface area contributed by atoms with Crippen LogP contribution in [0.15, 0.2) is 65.6 Å². The van der Waals surface area contributed by atoms with E-state index >= 15 is 0 Å². The second-order valence-corrected chi connectivity index (χ2v) is 7.12. The summed E-state index contributed by atoms with van der Waals surface area (Å²) in [6, 6.07) is 14.1. The Kier molecular flexibility index (Phi) is 4.96. The third-order valence-electron chi connectivity index (χ3n) is 5.06. The number of rotatable bonds is 6. The minimum Gasteiger partial charge on any atom is -0.454 e. The molecular weight excluding hydrogens is 340 g/mol. The normalized spacial score (nSPS) is 16.6. The summed E-state index contributed by atoms with van der Waals surface area (Å²) in [6.07, 6.45) is 6.42. The van der Waals surface area contributed by atoms with Crippen molar-refractivity contribution in [2.75, 3.05) is 31.6 Å². The van der Waals surface area contributed by atoms with Crippen LogP contribution in [-0.4, -0.2) is 47.0 Å². The van der Waals surface area contributed by atoms with Gasteiger partial charge in [-0.2, -0.15) is 0 Å². The van der Waals surface area contributed by atoms with E-state index in [1.807, 2.05) is 29.9 Å². The van der Waals surface area contributed by atoms with Gasteiger partial charge in [0.2, 0.25) is 0 Å². The second kappa shape index (κ2) is 7.70. The topological polar surface area (TPSA) is 54.5 Å². The Morgan fingerprint density at radius 2 is 2.11 bits per heavy atom. The monoisotopic (exact) mass is 364 g/mol. The van der Waals surface area contributed by atoms with Gasteiger partial charge in [0.05, 0.1) is 12.9 Å². The van der Waals surface area contributed by atoms with E-state index in [4.69, 9.17) is 4.42 Å². The zero-order valence-corrected chi connectivity index (χ0v) is 15.5. The van der Waals surface area contributed by atoms with Crippen LogP contribution in [0.3, 0.4) is 0 Å². The lowest BCUT2D eigenvalue weighted by molar-refractivity contribution is 0.0742. The molecule has 6 nitrogen and oxygen atoms in total. The number of aromatic nitrogens is 2.